The average Bonchev–Trinajstić information content (AvgIpc) is 3.17. The summed E-state index contributed by atoms with van der Waals surface area (Å²) in [5, 5.41) is 10.9. The number of para-hydroxylation sites is 1. The molecule has 1 aromatic heterocycles. The van der Waals surface area contributed by atoms with Crippen molar-refractivity contribution in [1.29, 1.82) is 0 Å². The van der Waals surface area contributed by atoms with Crippen LogP contribution in [0.5, 0.6) is 0 Å². The van der Waals surface area contributed by atoms with Crippen LogP contribution in [-0.4, -0.2) is 45.7 Å². The minimum absolute atomic E-state index is 0.302. The Kier molecular flexibility index (Phi) is 5.88. The number of anilines is 1. The van der Waals surface area contributed by atoms with Crippen molar-refractivity contribution in [1.82, 2.24) is 14.5 Å². The number of halogens is 1. The van der Waals surface area contributed by atoms with Gasteiger partial charge < -0.3 is 14.6 Å². The predicted octanol–water partition coefficient (Wildman–Crippen LogP) is 3.58. The van der Waals surface area contributed by atoms with E-state index in [1.54, 1.807) is 29.1 Å². The largest absolute Gasteiger partial charge is 0.380 e. The molecule has 1 saturated heterocycles. The standard InChI is InChI=1S/C24H29FN4O/c1-17-7-8-19(15-18(17)2)16-28-11-13-29(14-12-28)22-20(5-4-6-21(22)25)23(30)24-26-9-10-27(24)3/h4-10,15,23,30H,11-14,16H2,1-3H3/t23-/m1/s1. The van der Waals surface area contributed by atoms with Gasteiger partial charge in [0.2, 0.25) is 0 Å². The van der Waals surface area contributed by atoms with Gasteiger partial charge in [0, 0.05) is 57.7 Å². The normalized spacial score (nSPS) is 16.1. The quantitative estimate of drug-likeness (QED) is 0.701. The Bertz CT molecular complexity index is 1020. The maximum absolute atomic E-state index is 14.9. The summed E-state index contributed by atoms with van der Waals surface area (Å²) < 4.78 is 16.6. The first kappa shape index (κ1) is 20.6. The Labute approximate surface area is 177 Å². The molecule has 1 N–H and O–H groups in total. The van der Waals surface area contributed by atoms with Gasteiger partial charge in [-0.1, -0.05) is 30.3 Å². The molecule has 158 valence electrons. The van der Waals surface area contributed by atoms with E-state index >= 15 is 0 Å². The fourth-order valence-corrected chi connectivity index (χ4v) is 4.16. The molecular formula is C24H29FN4O. The van der Waals surface area contributed by atoms with E-state index in [4.69, 9.17) is 0 Å². The molecule has 5 nitrogen and oxygen atoms in total. The van der Waals surface area contributed by atoms with Gasteiger partial charge in [0.25, 0.3) is 0 Å². The topological polar surface area (TPSA) is 44.5 Å². The number of benzene rings is 2. The van der Waals surface area contributed by atoms with Gasteiger partial charge in [-0.2, -0.15) is 0 Å². The molecule has 4 rings (SSSR count). The van der Waals surface area contributed by atoms with Gasteiger partial charge in [-0.05, 0) is 36.6 Å². The molecule has 0 bridgehead atoms. The van der Waals surface area contributed by atoms with Crippen LogP contribution in [0, 0.1) is 19.7 Å². The van der Waals surface area contributed by atoms with Crippen molar-refractivity contribution in [2.24, 2.45) is 7.05 Å². The molecule has 1 atom stereocenters. The number of imidazole rings is 1. The van der Waals surface area contributed by atoms with E-state index in [1.807, 2.05) is 11.9 Å². The van der Waals surface area contributed by atoms with Crippen molar-refractivity contribution in [3.8, 4) is 0 Å². The van der Waals surface area contributed by atoms with Crippen LogP contribution in [0.15, 0.2) is 48.8 Å². The highest BCUT2D eigenvalue weighted by atomic mass is 19.1. The van der Waals surface area contributed by atoms with Crippen LogP contribution in [-0.2, 0) is 13.6 Å². The lowest BCUT2D eigenvalue weighted by Crippen LogP contribution is -2.46. The highest BCUT2D eigenvalue weighted by molar-refractivity contribution is 5.57. The van der Waals surface area contributed by atoms with E-state index < -0.39 is 6.10 Å². The van der Waals surface area contributed by atoms with Crippen LogP contribution in [0.1, 0.15) is 34.2 Å². The number of nitrogens with zero attached hydrogens (tertiary/aromatic N) is 4. The van der Waals surface area contributed by atoms with E-state index in [1.165, 1.54) is 22.8 Å². The van der Waals surface area contributed by atoms with Crippen LogP contribution in [0.3, 0.4) is 0 Å². The molecule has 1 aliphatic rings. The van der Waals surface area contributed by atoms with Gasteiger partial charge in [-0.25, -0.2) is 9.37 Å². The van der Waals surface area contributed by atoms with E-state index in [-0.39, 0.29) is 5.82 Å². The molecule has 0 spiro atoms. The van der Waals surface area contributed by atoms with Crippen LogP contribution in [0.4, 0.5) is 10.1 Å². The smallest absolute Gasteiger partial charge is 0.146 e. The lowest BCUT2D eigenvalue weighted by atomic mass is 10.0. The summed E-state index contributed by atoms with van der Waals surface area (Å²) in [4.78, 5) is 8.69. The van der Waals surface area contributed by atoms with Crippen LogP contribution >= 0.6 is 0 Å². The maximum Gasteiger partial charge on any atom is 0.146 e. The molecule has 1 fully saturated rings. The number of rotatable bonds is 5. The van der Waals surface area contributed by atoms with E-state index in [9.17, 15) is 9.50 Å². The minimum Gasteiger partial charge on any atom is -0.380 e. The van der Waals surface area contributed by atoms with E-state index in [0.717, 1.165) is 19.6 Å². The molecule has 2 aromatic carbocycles. The highest BCUT2D eigenvalue weighted by Crippen LogP contribution is 2.33. The Morgan fingerprint density at radius 3 is 2.50 bits per heavy atom. The first-order chi connectivity index (χ1) is 14.4. The maximum atomic E-state index is 14.9. The molecule has 6 heteroatoms. The number of aliphatic hydroxyl groups is 1. The third-order valence-electron chi connectivity index (χ3n) is 6.08. The Hall–Kier alpha value is -2.70. The van der Waals surface area contributed by atoms with Crippen molar-refractivity contribution in [3.05, 3.63) is 82.7 Å². The zero-order valence-electron chi connectivity index (χ0n) is 17.8. The van der Waals surface area contributed by atoms with E-state index in [0.29, 0.717) is 30.2 Å². The molecule has 2 heterocycles. The molecule has 0 aliphatic carbocycles. The van der Waals surface area contributed by atoms with Gasteiger partial charge in [-0.15, -0.1) is 0 Å². The van der Waals surface area contributed by atoms with Crippen molar-refractivity contribution in [2.45, 2.75) is 26.5 Å². The Morgan fingerprint density at radius 1 is 1.07 bits per heavy atom. The summed E-state index contributed by atoms with van der Waals surface area (Å²) in [6.45, 7) is 8.29. The second-order valence-electron chi connectivity index (χ2n) is 8.16. The number of aliphatic hydroxyl groups excluding tert-OH is 1. The summed E-state index contributed by atoms with van der Waals surface area (Å²) in [7, 11) is 1.83. The number of aryl methyl sites for hydroxylation is 3. The number of hydrogen-bond donors (Lipinski definition) is 1. The fourth-order valence-electron chi connectivity index (χ4n) is 4.16. The fraction of sp³-hybridized carbons (Fsp3) is 0.375. The summed E-state index contributed by atoms with van der Waals surface area (Å²) in [6, 6.07) is 11.5. The minimum atomic E-state index is -0.968. The lowest BCUT2D eigenvalue weighted by Gasteiger charge is -2.37. The number of hydrogen-bond acceptors (Lipinski definition) is 4. The molecule has 0 amide bonds. The van der Waals surface area contributed by atoms with Gasteiger partial charge in [0.15, 0.2) is 0 Å². The van der Waals surface area contributed by atoms with Crippen LogP contribution in [0.2, 0.25) is 0 Å². The third-order valence-corrected chi connectivity index (χ3v) is 6.08. The number of aromatic nitrogens is 2. The van der Waals surface area contributed by atoms with Gasteiger partial charge in [0.1, 0.15) is 17.7 Å². The predicted molar refractivity (Wildman–Crippen MR) is 117 cm³/mol. The van der Waals surface area contributed by atoms with Gasteiger partial charge in [0.05, 0.1) is 5.69 Å². The van der Waals surface area contributed by atoms with Gasteiger partial charge in [-0.3, -0.25) is 4.90 Å². The highest BCUT2D eigenvalue weighted by Gasteiger charge is 2.26. The third kappa shape index (κ3) is 4.11. The zero-order valence-corrected chi connectivity index (χ0v) is 17.8. The van der Waals surface area contributed by atoms with Crippen LogP contribution in [0.25, 0.3) is 0 Å². The average molecular weight is 409 g/mol. The first-order valence-electron chi connectivity index (χ1n) is 10.4. The van der Waals surface area contributed by atoms with Crippen molar-refractivity contribution in [3.63, 3.8) is 0 Å². The van der Waals surface area contributed by atoms with E-state index in [2.05, 4.69) is 41.9 Å². The molecule has 0 radical (unpaired) electrons. The Balaban J connectivity index is 1.49. The van der Waals surface area contributed by atoms with Crippen LogP contribution < -0.4 is 4.90 Å². The molecular weight excluding hydrogens is 379 g/mol. The molecule has 1 aliphatic heterocycles. The zero-order chi connectivity index (χ0) is 21.3. The first-order valence-corrected chi connectivity index (χ1v) is 10.4. The van der Waals surface area contributed by atoms with Crippen molar-refractivity contribution < 1.29 is 9.50 Å². The second kappa shape index (κ2) is 8.58. The Morgan fingerprint density at radius 2 is 1.83 bits per heavy atom. The molecule has 0 unspecified atom stereocenters. The second-order valence-corrected chi connectivity index (χ2v) is 8.16. The summed E-state index contributed by atoms with van der Waals surface area (Å²) in [5.41, 5.74) is 4.97. The number of piperazine rings is 1. The lowest BCUT2D eigenvalue weighted by molar-refractivity contribution is 0.205. The molecule has 0 saturated carbocycles. The SMILES string of the molecule is Cc1ccc(CN2CCN(c3c(F)cccc3[C@@H](O)c3nccn3C)CC2)cc1C. The monoisotopic (exact) mass is 408 g/mol. The van der Waals surface area contributed by atoms with Crippen molar-refractivity contribution >= 4 is 5.69 Å². The summed E-state index contributed by atoms with van der Waals surface area (Å²) in [5.74, 6) is 0.207. The van der Waals surface area contributed by atoms with Gasteiger partial charge >= 0.3 is 0 Å². The summed E-state index contributed by atoms with van der Waals surface area (Å²) in [6.07, 6.45) is 2.45. The van der Waals surface area contributed by atoms with Crippen molar-refractivity contribution in [2.75, 3.05) is 31.1 Å². The summed E-state index contributed by atoms with van der Waals surface area (Å²) >= 11 is 0. The molecule has 30 heavy (non-hydrogen) atoms. The molecule has 3 aromatic rings.